The highest BCUT2D eigenvalue weighted by atomic mass is 16.6. The Balaban J connectivity index is 1.68. The van der Waals surface area contributed by atoms with Crippen LogP contribution in [0.2, 0.25) is 0 Å². The van der Waals surface area contributed by atoms with Gasteiger partial charge in [-0.1, -0.05) is 48.5 Å². The molecule has 1 aliphatic heterocycles. The second-order valence-corrected chi connectivity index (χ2v) is 8.24. The van der Waals surface area contributed by atoms with Crippen LogP contribution in [0, 0.1) is 0 Å². The molecule has 0 saturated carbocycles. The fraction of sp³-hybridized carbons (Fsp3) is 0.391. The van der Waals surface area contributed by atoms with Crippen molar-refractivity contribution in [3.8, 4) is 0 Å². The average Bonchev–Trinajstić information content (AvgIpc) is 3.02. The Morgan fingerprint density at radius 1 is 1.00 bits per heavy atom. The van der Waals surface area contributed by atoms with E-state index < -0.39 is 23.8 Å². The minimum Gasteiger partial charge on any atom is -0.455 e. The lowest BCUT2D eigenvalue weighted by molar-refractivity contribution is 0.0217. The molecule has 0 aliphatic carbocycles. The number of nitrogens with zero attached hydrogens (tertiary/aromatic N) is 1. The third-order valence-electron chi connectivity index (χ3n) is 4.56. The lowest BCUT2D eigenvalue weighted by Crippen LogP contribution is -2.46. The monoisotopic (exact) mass is 396 g/mol. The first kappa shape index (κ1) is 20.9. The quantitative estimate of drug-likeness (QED) is 0.782. The summed E-state index contributed by atoms with van der Waals surface area (Å²) < 4.78 is 11.1. The van der Waals surface area contributed by atoms with Crippen LogP contribution in [0.3, 0.4) is 0 Å². The van der Waals surface area contributed by atoms with Gasteiger partial charge in [-0.05, 0) is 38.5 Å². The lowest BCUT2D eigenvalue weighted by atomic mass is 10.2. The molecule has 1 N–H and O–H groups in total. The molecule has 0 aromatic heterocycles. The zero-order valence-electron chi connectivity index (χ0n) is 17.1. The number of amides is 1. The number of carbonyl (C=O) groups is 2. The largest absolute Gasteiger partial charge is 0.455 e. The Labute approximate surface area is 171 Å². The first-order valence-electron chi connectivity index (χ1n) is 9.82. The molecule has 154 valence electrons. The van der Waals surface area contributed by atoms with Crippen molar-refractivity contribution in [2.24, 2.45) is 0 Å². The van der Waals surface area contributed by atoms with Gasteiger partial charge < -0.3 is 14.8 Å². The highest BCUT2D eigenvalue weighted by Crippen LogP contribution is 2.19. The van der Waals surface area contributed by atoms with Crippen molar-refractivity contribution < 1.29 is 19.1 Å². The Morgan fingerprint density at radius 2 is 1.62 bits per heavy atom. The van der Waals surface area contributed by atoms with Gasteiger partial charge in [-0.25, -0.2) is 9.59 Å². The summed E-state index contributed by atoms with van der Waals surface area (Å²) in [7, 11) is 0. The van der Waals surface area contributed by atoms with Gasteiger partial charge in [-0.3, -0.25) is 4.90 Å². The van der Waals surface area contributed by atoms with Crippen LogP contribution in [0.1, 0.15) is 36.7 Å². The molecule has 29 heavy (non-hydrogen) atoms. The number of rotatable bonds is 5. The van der Waals surface area contributed by atoms with E-state index in [9.17, 15) is 9.59 Å². The molecule has 0 radical (unpaired) electrons. The van der Waals surface area contributed by atoms with E-state index in [1.54, 1.807) is 24.3 Å². The molecule has 1 heterocycles. The summed E-state index contributed by atoms with van der Waals surface area (Å²) in [6.07, 6.45) is -0.969. The Bertz CT molecular complexity index is 818. The SMILES string of the molecule is CC(C)(C)OC(=O)N[C@@H]1CN(Cc2ccccc2)C[C@@H]1OC(=O)c1ccccc1. The van der Waals surface area contributed by atoms with Crippen LogP contribution in [-0.4, -0.2) is 47.8 Å². The third-order valence-corrected chi connectivity index (χ3v) is 4.56. The van der Waals surface area contributed by atoms with Crippen LogP contribution in [0.15, 0.2) is 60.7 Å². The highest BCUT2D eigenvalue weighted by molar-refractivity contribution is 5.89. The van der Waals surface area contributed by atoms with Crippen LogP contribution in [0.25, 0.3) is 0 Å². The van der Waals surface area contributed by atoms with E-state index in [0.717, 1.165) is 0 Å². The van der Waals surface area contributed by atoms with Crippen LogP contribution in [0.5, 0.6) is 0 Å². The number of alkyl carbamates (subject to hydrolysis) is 1. The number of nitrogens with one attached hydrogen (secondary N) is 1. The normalized spacial score (nSPS) is 19.6. The molecule has 0 unspecified atom stereocenters. The van der Waals surface area contributed by atoms with Gasteiger partial charge in [0, 0.05) is 19.6 Å². The molecular formula is C23H28N2O4. The van der Waals surface area contributed by atoms with E-state index in [0.29, 0.717) is 25.2 Å². The first-order chi connectivity index (χ1) is 13.8. The summed E-state index contributed by atoms with van der Waals surface area (Å²) in [6.45, 7) is 7.27. The van der Waals surface area contributed by atoms with Crippen molar-refractivity contribution in [2.45, 2.75) is 45.1 Å². The number of likely N-dealkylation sites (tertiary alicyclic amines) is 1. The van der Waals surface area contributed by atoms with Gasteiger partial charge in [0.05, 0.1) is 11.6 Å². The predicted octanol–water partition coefficient (Wildman–Crippen LogP) is 3.62. The number of ether oxygens (including phenoxy) is 2. The van der Waals surface area contributed by atoms with E-state index in [-0.39, 0.29) is 6.04 Å². The Hall–Kier alpha value is -2.86. The van der Waals surface area contributed by atoms with Crippen molar-refractivity contribution in [2.75, 3.05) is 13.1 Å². The van der Waals surface area contributed by atoms with Crippen molar-refractivity contribution in [3.05, 3.63) is 71.8 Å². The fourth-order valence-corrected chi connectivity index (χ4v) is 3.32. The van der Waals surface area contributed by atoms with Gasteiger partial charge in [0.15, 0.2) is 0 Å². The van der Waals surface area contributed by atoms with Gasteiger partial charge in [-0.2, -0.15) is 0 Å². The first-order valence-corrected chi connectivity index (χ1v) is 9.82. The standard InChI is InChI=1S/C23H28N2O4/c1-23(2,3)29-22(27)24-19-15-25(14-17-10-6-4-7-11-17)16-20(19)28-21(26)18-12-8-5-9-13-18/h4-13,19-20H,14-16H2,1-3H3,(H,24,27)/t19-,20+/m1/s1. The topological polar surface area (TPSA) is 67.9 Å². The van der Waals surface area contributed by atoms with Gasteiger partial charge in [0.25, 0.3) is 0 Å². The molecule has 1 aliphatic rings. The summed E-state index contributed by atoms with van der Waals surface area (Å²) in [5.74, 6) is -0.395. The molecule has 2 aromatic carbocycles. The van der Waals surface area contributed by atoms with E-state index >= 15 is 0 Å². The fourth-order valence-electron chi connectivity index (χ4n) is 3.32. The van der Waals surface area contributed by atoms with E-state index in [2.05, 4.69) is 22.3 Å². The summed E-state index contributed by atoms with van der Waals surface area (Å²) in [5, 5.41) is 2.88. The molecule has 1 saturated heterocycles. The predicted molar refractivity (Wildman–Crippen MR) is 111 cm³/mol. The smallest absolute Gasteiger partial charge is 0.408 e. The maximum absolute atomic E-state index is 12.5. The van der Waals surface area contributed by atoms with E-state index in [1.807, 2.05) is 45.0 Å². The number of hydrogen-bond donors (Lipinski definition) is 1. The minimum absolute atomic E-state index is 0.346. The van der Waals surface area contributed by atoms with Crippen molar-refractivity contribution >= 4 is 12.1 Å². The van der Waals surface area contributed by atoms with Gasteiger partial charge in [0.1, 0.15) is 11.7 Å². The van der Waals surface area contributed by atoms with Gasteiger partial charge in [-0.15, -0.1) is 0 Å². The van der Waals surface area contributed by atoms with Crippen LogP contribution in [0.4, 0.5) is 4.79 Å². The number of esters is 1. The molecule has 1 fully saturated rings. The second-order valence-electron chi connectivity index (χ2n) is 8.24. The molecule has 6 nitrogen and oxygen atoms in total. The summed E-state index contributed by atoms with van der Waals surface area (Å²) >= 11 is 0. The Kier molecular flexibility index (Phi) is 6.54. The van der Waals surface area contributed by atoms with Crippen molar-refractivity contribution in [1.29, 1.82) is 0 Å². The van der Waals surface area contributed by atoms with Gasteiger partial charge >= 0.3 is 12.1 Å². The molecule has 3 rings (SSSR count). The summed E-state index contributed by atoms with van der Waals surface area (Å²) in [4.78, 5) is 27.0. The molecule has 1 amide bonds. The molecule has 0 bridgehead atoms. The van der Waals surface area contributed by atoms with E-state index in [1.165, 1.54) is 5.56 Å². The Morgan fingerprint density at radius 3 is 2.24 bits per heavy atom. The van der Waals surface area contributed by atoms with Crippen LogP contribution in [-0.2, 0) is 16.0 Å². The zero-order chi connectivity index (χ0) is 20.9. The second kappa shape index (κ2) is 9.09. The van der Waals surface area contributed by atoms with Crippen molar-refractivity contribution in [3.63, 3.8) is 0 Å². The zero-order valence-corrected chi connectivity index (χ0v) is 17.1. The molecule has 0 spiro atoms. The number of hydrogen-bond acceptors (Lipinski definition) is 5. The van der Waals surface area contributed by atoms with Crippen LogP contribution < -0.4 is 5.32 Å². The molecule has 2 atom stereocenters. The number of carbonyl (C=O) groups excluding carboxylic acids is 2. The molecule has 2 aromatic rings. The van der Waals surface area contributed by atoms with Gasteiger partial charge in [0.2, 0.25) is 0 Å². The molecule has 6 heteroatoms. The summed E-state index contributed by atoms with van der Waals surface area (Å²) in [6, 6.07) is 18.6. The van der Waals surface area contributed by atoms with Crippen molar-refractivity contribution in [1.82, 2.24) is 10.2 Å². The average molecular weight is 396 g/mol. The number of benzene rings is 2. The summed E-state index contributed by atoms with van der Waals surface area (Å²) in [5.41, 5.74) is 1.06. The van der Waals surface area contributed by atoms with E-state index in [4.69, 9.17) is 9.47 Å². The maximum Gasteiger partial charge on any atom is 0.408 e. The minimum atomic E-state index is -0.595. The van der Waals surface area contributed by atoms with Crippen LogP contribution >= 0.6 is 0 Å². The molecular weight excluding hydrogens is 368 g/mol. The maximum atomic E-state index is 12.5. The highest BCUT2D eigenvalue weighted by Gasteiger charge is 2.37. The third kappa shape index (κ3) is 6.32. The lowest BCUT2D eigenvalue weighted by Gasteiger charge is -2.24.